The molecule has 1 spiro atoms. The smallest absolute Gasteiger partial charge is 0.0726 e. The lowest BCUT2D eigenvalue weighted by Gasteiger charge is -2.34. The average molecular weight is 902 g/mol. The molecule has 0 N–H and O–H groups in total. The van der Waals surface area contributed by atoms with Crippen molar-refractivity contribution in [2.45, 2.75) is 24.7 Å². The maximum absolute atomic E-state index is 2.64. The van der Waals surface area contributed by atoms with Gasteiger partial charge in [0.25, 0.3) is 0 Å². The first-order valence-electron chi connectivity index (χ1n) is 25.0. The molecule has 12 aromatic carbocycles. The van der Waals surface area contributed by atoms with Gasteiger partial charge in [0.15, 0.2) is 0 Å². The number of hydrogen-bond acceptors (Lipinski definition) is 1. The molecule has 12 aromatic rings. The van der Waals surface area contributed by atoms with E-state index in [4.69, 9.17) is 0 Å². The highest BCUT2D eigenvalue weighted by atomic mass is 15.1. The Kier molecular flexibility index (Phi) is 8.40. The van der Waals surface area contributed by atoms with Gasteiger partial charge in [0, 0.05) is 22.2 Å². The third-order valence-corrected chi connectivity index (χ3v) is 16.5. The van der Waals surface area contributed by atoms with Crippen molar-refractivity contribution in [3.8, 4) is 55.6 Å². The van der Waals surface area contributed by atoms with Gasteiger partial charge < -0.3 is 4.90 Å². The molecule has 0 heterocycles. The minimum Gasteiger partial charge on any atom is -0.309 e. The highest BCUT2D eigenvalue weighted by molar-refractivity contribution is 6.26. The van der Waals surface area contributed by atoms with Crippen molar-refractivity contribution >= 4 is 49.4 Å². The molecule has 332 valence electrons. The zero-order valence-corrected chi connectivity index (χ0v) is 39.6. The third-order valence-electron chi connectivity index (χ3n) is 16.5. The van der Waals surface area contributed by atoms with E-state index < -0.39 is 5.41 Å². The standard InChI is InChI=1S/C70H47N/c1-69(2)60-33-16-15-32-56(60)68-64(69)37-20-38-66(68)71(45-39-40-52-50-27-9-8-25-48(50)49-26-10-11-28-51(49)57(52)41-45)67-43-65-58(42-59(67)47-24-7-6-23-46(47)44-21-4-3-5-22-44)55-31-14-19-36-63(55)70(65)61-34-17-12-29-53(61)54-30-13-18-35-62(54)70/h3-43H,1-2H3. The van der Waals surface area contributed by atoms with Crippen molar-refractivity contribution in [1.29, 1.82) is 0 Å². The van der Waals surface area contributed by atoms with Crippen LogP contribution in [-0.2, 0) is 10.8 Å². The maximum atomic E-state index is 2.64. The number of rotatable bonds is 5. The first kappa shape index (κ1) is 40.1. The van der Waals surface area contributed by atoms with E-state index in [0.29, 0.717) is 0 Å². The van der Waals surface area contributed by atoms with Crippen LogP contribution in [0.15, 0.2) is 249 Å². The van der Waals surface area contributed by atoms with Crippen LogP contribution in [0.2, 0.25) is 0 Å². The molecule has 0 aliphatic heterocycles. The Bertz CT molecular complexity index is 4130. The summed E-state index contributed by atoms with van der Waals surface area (Å²) >= 11 is 0. The lowest BCUT2D eigenvalue weighted by molar-refractivity contribution is 0.660. The van der Waals surface area contributed by atoms with E-state index in [0.717, 1.165) is 11.4 Å². The summed E-state index contributed by atoms with van der Waals surface area (Å²) in [6.45, 7) is 4.79. The summed E-state index contributed by atoms with van der Waals surface area (Å²) in [5.74, 6) is 0. The maximum Gasteiger partial charge on any atom is 0.0726 e. The molecule has 71 heavy (non-hydrogen) atoms. The van der Waals surface area contributed by atoms with E-state index in [1.165, 1.54) is 127 Å². The van der Waals surface area contributed by atoms with Gasteiger partial charge in [-0.1, -0.05) is 232 Å². The summed E-state index contributed by atoms with van der Waals surface area (Å²) in [5.41, 5.74) is 23.2. The number of fused-ring (bicyclic) bond motifs is 19. The van der Waals surface area contributed by atoms with E-state index in [2.05, 4.69) is 267 Å². The first-order chi connectivity index (χ1) is 35.0. The predicted molar refractivity (Wildman–Crippen MR) is 298 cm³/mol. The zero-order chi connectivity index (χ0) is 47.0. The summed E-state index contributed by atoms with van der Waals surface area (Å²) in [4.78, 5) is 2.64. The molecule has 15 rings (SSSR count). The minimum atomic E-state index is -0.539. The normalized spacial score (nSPS) is 14.0. The molecular weight excluding hydrogens is 855 g/mol. The molecule has 0 amide bonds. The van der Waals surface area contributed by atoms with Crippen molar-refractivity contribution in [2.75, 3.05) is 4.90 Å². The Balaban J connectivity index is 1.13. The fourth-order valence-corrected chi connectivity index (χ4v) is 13.5. The molecular formula is C70H47N. The van der Waals surface area contributed by atoms with E-state index >= 15 is 0 Å². The third kappa shape index (κ3) is 5.41. The average Bonchev–Trinajstić information content (AvgIpc) is 4.00. The van der Waals surface area contributed by atoms with Crippen molar-refractivity contribution in [3.05, 3.63) is 282 Å². The Morgan fingerprint density at radius 2 is 0.732 bits per heavy atom. The molecule has 0 unspecified atom stereocenters. The molecule has 0 fully saturated rings. The van der Waals surface area contributed by atoms with Gasteiger partial charge in [-0.3, -0.25) is 0 Å². The second-order valence-corrected chi connectivity index (χ2v) is 20.2. The Morgan fingerprint density at radius 3 is 1.35 bits per heavy atom. The summed E-state index contributed by atoms with van der Waals surface area (Å²) in [6.07, 6.45) is 0. The van der Waals surface area contributed by atoms with Crippen molar-refractivity contribution in [1.82, 2.24) is 0 Å². The fraction of sp³-hybridized carbons (Fsp3) is 0.0571. The summed E-state index contributed by atoms with van der Waals surface area (Å²) in [6, 6.07) is 94.0. The van der Waals surface area contributed by atoms with Crippen LogP contribution in [-0.4, -0.2) is 0 Å². The lowest BCUT2D eigenvalue weighted by atomic mass is 9.70. The Labute approximate surface area is 414 Å². The van der Waals surface area contributed by atoms with Gasteiger partial charge >= 0.3 is 0 Å². The van der Waals surface area contributed by atoms with E-state index in [9.17, 15) is 0 Å². The van der Waals surface area contributed by atoms with Gasteiger partial charge in [-0.25, -0.2) is 0 Å². The molecule has 0 radical (unpaired) electrons. The molecule has 0 saturated heterocycles. The molecule has 3 aliphatic rings. The van der Waals surface area contributed by atoms with Gasteiger partial charge in [0.2, 0.25) is 0 Å². The number of anilines is 3. The van der Waals surface area contributed by atoms with Crippen molar-refractivity contribution < 1.29 is 0 Å². The van der Waals surface area contributed by atoms with Crippen LogP contribution < -0.4 is 4.90 Å². The molecule has 0 aromatic heterocycles. The fourth-order valence-electron chi connectivity index (χ4n) is 13.5. The van der Waals surface area contributed by atoms with E-state index in [1.807, 2.05) is 0 Å². The van der Waals surface area contributed by atoms with Crippen LogP contribution in [0.1, 0.15) is 47.2 Å². The highest BCUT2D eigenvalue weighted by Gasteiger charge is 2.52. The number of hydrogen-bond donors (Lipinski definition) is 0. The topological polar surface area (TPSA) is 3.24 Å². The van der Waals surface area contributed by atoms with Gasteiger partial charge in [-0.05, 0) is 141 Å². The zero-order valence-electron chi connectivity index (χ0n) is 39.6. The van der Waals surface area contributed by atoms with Crippen LogP contribution in [0.4, 0.5) is 17.1 Å². The SMILES string of the molecule is CC1(C)c2ccccc2-c2c(N(c3ccc4c5ccccc5c5ccccc5c4c3)c3cc4c(cc3-c3ccccc3-c3ccccc3)-c3ccccc3C43c4ccccc4-c4ccccc43)cccc21. The first-order valence-corrected chi connectivity index (χ1v) is 25.0. The van der Waals surface area contributed by atoms with Crippen LogP contribution in [0, 0.1) is 0 Å². The monoisotopic (exact) mass is 901 g/mol. The molecule has 1 nitrogen and oxygen atoms in total. The second-order valence-electron chi connectivity index (χ2n) is 20.2. The molecule has 0 bridgehead atoms. The number of nitrogens with zero attached hydrogens (tertiary/aromatic N) is 1. The van der Waals surface area contributed by atoms with Gasteiger partial charge in [0.1, 0.15) is 0 Å². The Hall–Kier alpha value is -8.78. The van der Waals surface area contributed by atoms with Crippen LogP contribution in [0.3, 0.4) is 0 Å². The van der Waals surface area contributed by atoms with Crippen LogP contribution >= 0.6 is 0 Å². The molecule has 0 saturated carbocycles. The minimum absolute atomic E-state index is 0.199. The van der Waals surface area contributed by atoms with Crippen molar-refractivity contribution in [2.24, 2.45) is 0 Å². The largest absolute Gasteiger partial charge is 0.309 e. The molecule has 1 heteroatoms. The van der Waals surface area contributed by atoms with Crippen LogP contribution in [0.25, 0.3) is 88.0 Å². The van der Waals surface area contributed by atoms with Gasteiger partial charge in [0.05, 0.1) is 16.8 Å². The van der Waals surface area contributed by atoms with Gasteiger partial charge in [-0.2, -0.15) is 0 Å². The number of benzene rings is 12. The van der Waals surface area contributed by atoms with Crippen LogP contribution in [0.5, 0.6) is 0 Å². The quantitative estimate of drug-likeness (QED) is 0.156. The summed E-state index contributed by atoms with van der Waals surface area (Å²) < 4.78 is 0. The van der Waals surface area contributed by atoms with Crippen molar-refractivity contribution in [3.63, 3.8) is 0 Å². The van der Waals surface area contributed by atoms with E-state index in [-0.39, 0.29) is 5.41 Å². The summed E-state index contributed by atoms with van der Waals surface area (Å²) in [7, 11) is 0. The van der Waals surface area contributed by atoms with E-state index in [1.54, 1.807) is 0 Å². The molecule has 0 atom stereocenters. The lowest BCUT2D eigenvalue weighted by Crippen LogP contribution is -2.26. The van der Waals surface area contributed by atoms with Gasteiger partial charge in [-0.15, -0.1) is 0 Å². The summed E-state index contributed by atoms with van der Waals surface area (Å²) in [5, 5.41) is 7.56. The Morgan fingerprint density at radius 1 is 0.268 bits per heavy atom. The predicted octanol–water partition coefficient (Wildman–Crippen LogP) is 18.6. The second kappa shape index (κ2) is 14.9. The highest BCUT2D eigenvalue weighted by Crippen LogP contribution is 2.65. The molecule has 3 aliphatic carbocycles.